The summed E-state index contributed by atoms with van der Waals surface area (Å²) in [6, 6.07) is 5.50. The Morgan fingerprint density at radius 3 is 2.47 bits per heavy atom. The molecule has 0 aliphatic carbocycles. The Kier molecular flexibility index (Phi) is 5.03. The Labute approximate surface area is 114 Å². The molecule has 0 fully saturated rings. The van der Waals surface area contributed by atoms with Crippen molar-refractivity contribution in [3.05, 3.63) is 23.8 Å². The van der Waals surface area contributed by atoms with Crippen LogP contribution < -0.4 is 20.1 Å². The zero-order valence-corrected chi connectivity index (χ0v) is 12.2. The van der Waals surface area contributed by atoms with Gasteiger partial charge in [0.05, 0.1) is 14.2 Å². The number of hydrogen-bond donors (Lipinski definition) is 2. The zero-order valence-electron chi connectivity index (χ0n) is 12.2. The zero-order chi connectivity index (χ0) is 14.5. The molecular formula is C14H22N2O3. The molecule has 0 radical (unpaired) electrons. The highest BCUT2D eigenvalue weighted by molar-refractivity contribution is 5.73. The van der Waals surface area contributed by atoms with E-state index in [1.807, 2.05) is 32.0 Å². The van der Waals surface area contributed by atoms with Crippen molar-refractivity contribution in [2.45, 2.75) is 19.3 Å². The monoisotopic (exact) mass is 266 g/mol. The van der Waals surface area contributed by atoms with Crippen LogP contribution in [0, 0.1) is 0 Å². The highest BCUT2D eigenvalue weighted by Gasteiger charge is 2.25. The predicted molar refractivity (Wildman–Crippen MR) is 75.0 cm³/mol. The van der Waals surface area contributed by atoms with Crippen LogP contribution in [0.4, 0.5) is 4.79 Å². The van der Waals surface area contributed by atoms with Crippen molar-refractivity contribution >= 4 is 6.03 Å². The van der Waals surface area contributed by atoms with Crippen molar-refractivity contribution in [2.75, 3.05) is 27.8 Å². The molecule has 2 N–H and O–H groups in total. The fourth-order valence-corrected chi connectivity index (χ4v) is 1.84. The highest BCUT2D eigenvalue weighted by atomic mass is 16.5. The minimum atomic E-state index is -0.246. The van der Waals surface area contributed by atoms with E-state index in [1.165, 1.54) is 0 Å². The van der Waals surface area contributed by atoms with Gasteiger partial charge in [-0.15, -0.1) is 0 Å². The molecule has 0 aliphatic heterocycles. The number of carbonyl (C=O) groups excluding carboxylic acids is 1. The molecule has 0 aliphatic rings. The van der Waals surface area contributed by atoms with E-state index < -0.39 is 0 Å². The second kappa shape index (κ2) is 6.31. The topological polar surface area (TPSA) is 59.6 Å². The summed E-state index contributed by atoms with van der Waals surface area (Å²) in [5, 5.41) is 5.35. The first-order valence-corrected chi connectivity index (χ1v) is 6.12. The molecule has 106 valence electrons. The van der Waals surface area contributed by atoms with Crippen LogP contribution in [0.5, 0.6) is 11.5 Å². The van der Waals surface area contributed by atoms with Crippen molar-refractivity contribution in [1.29, 1.82) is 0 Å². The van der Waals surface area contributed by atoms with Crippen molar-refractivity contribution < 1.29 is 14.3 Å². The molecule has 0 atom stereocenters. The number of nitrogens with one attached hydrogen (secondary N) is 2. The van der Waals surface area contributed by atoms with Crippen LogP contribution in [0.25, 0.3) is 0 Å². The van der Waals surface area contributed by atoms with Crippen LogP contribution >= 0.6 is 0 Å². The predicted octanol–water partition coefficient (Wildman–Crippen LogP) is 1.91. The fraction of sp³-hybridized carbons (Fsp3) is 0.500. The Hall–Kier alpha value is -1.91. The van der Waals surface area contributed by atoms with E-state index in [0.29, 0.717) is 6.54 Å². The molecule has 0 saturated heterocycles. The summed E-state index contributed by atoms with van der Waals surface area (Å²) < 4.78 is 10.6. The van der Waals surface area contributed by atoms with Crippen LogP contribution in [-0.2, 0) is 5.41 Å². The molecule has 0 unspecified atom stereocenters. The van der Waals surface area contributed by atoms with E-state index in [4.69, 9.17) is 9.47 Å². The average molecular weight is 266 g/mol. The quantitative estimate of drug-likeness (QED) is 0.856. The van der Waals surface area contributed by atoms with Gasteiger partial charge in [-0.05, 0) is 6.07 Å². The van der Waals surface area contributed by atoms with Gasteiger partial charge in [-0.2, -0.15) is 0 Å². The molecule has 1 rings (SSSR count). The maximum absolute atomic E-state index is 11.3. The number of rotatable bonds is 5. The Morgan fingerprint density at radius 1 is 1.26 bits per heavy atom. The Morgan fingerprint density at radius 2 is 1.95 bits per heavy atom. The number of carbonyl (C=O) groups is 1. The van der Waals surface area contributed by atoms with Crippen molar-refractivity contribution in [2.24, 2.45) is 0 Å². The first kappa shape index (κ1) is 15.1. The number of hydrogen-bond acceptors (Lipinski definition) is 3. The van der Waals surface area contributed by atoms with Crippen LogP contribution in [0.15, 0.2) is 18.2 Å². The summed E-state index contributed by atoms with van der Waals surface area (Å²) in [5.41, 5.74) is 0.775. The van der Waals surface area contributed by atoms with E-state index in [0.717, 1.165) is 17.1 Å². The van der Waals surface area contributed by atoms with Gasteiger partial charge in [-0.1, -0.05) is 19.9 Å². The second-order valence-corrected chi connectivity index (χ2v) is 4.88. The molecule has 5 heteroatoms. The molecule has 1 aromatic carbocycles. The standard InChI is InChI=1S/C14H22N2O3/c1-14(2,9-16-13(17)15-3)11-7-6-10(18-4)8-12(11)19-5/h6-8H,9H2,1-5H3,(H2,15,16,17). The van der Waals surface area contributed by atoms with Gasteiger partial charge < -0.3 is 20.1 Å². The summed E-state index contributed by atoms with van der Waals surface area (Å²) in [6.07, 6.45) is 0. The molecule has 5 nitrogen and oxygen atoms in total. The van der Waals surface area contributed by atoms with Crippen molar-refractivity contribution in [3.8, 4) is 11.5 Å². The van der Waals surface area contributed by atoms with Crippen LogP contribution in [0.1, 0.15) is 19.4 Å². The Balaban J connectivity index is 2.96. The van der Waals surface area contributed by atoms with Crippen molar-refractivity contribution in [3.63, 3.8) is 0 Å². The van der Waals surface area contributed by atoms with Gasteiger partial charge in [0.1, 0.15) is 11.5 Å². The lowest BCUT2D eigenvalue weighted by Gasteiger charge is -2.27. The lowest BCUT2D eigenvalue weighted by molar-refractivity contribution is 0.240. The molecule has 19 heavy (non-hydrogen) atoms. The van der Waals surface area contributed by atoms with Crippen LogP contribution in [-0.4, -0.2) is 33.8 Å². The van der Waals surface area contributed by atoms with E-state index >= 15 is 0 Å². The smallest absolute Gasteiger partial charge is 0.314 e. The second-order valence-electron chi connectivity index (χ2n) is 4.88. The van der Waals surface area contributed by atoms with Crippen LogP contribution in [0.2, 0.25) is 0 Å². The molecule has 2 amide bonds. The van der Waals surface area contributed by atoms with Gasteiger partial charge in [0.25, 0.3) is 0 Å². The van der Waals surface area contributed by atoms with Gasteiger partial charge in [0, 0.05) is 30.6 Å². The minimum Gasteiger partial charge on any atom is -0.497 e. The summed E-state index contributed by atoms with van der Waals surface area (Å²) in [5.74, 6) is 1.50. The van der Waals surface area contributed by atoms with E-state index in [1.54, 1.807) is 21.3 Å². The van der Waals surface area contributed by atoms with Gasteiger partial charge in [-0.3, -0.25) is 0 Å². The molecule has 0 heterocycles. The van der Waals surface area contributed by atoms with Gasteiger partial charge in [0.15, 0.2) is 0 Å². The number of amides is 2. The normalized spacial score (nSPS) is 10.8. The average Bonchev–Trinajstić information content (AvgIpc) is 2.43. The largest absolute Gasteiger partial charge is 0.497 e. The fourth-order valence-electron chi connectivity index (χ4n) is 1.84. The first-order chi connectivity index (χ1) is 8.94. The van der Waals surface area contributed by atoms with E-state index in [2.05, 4.69) is 10.6 Å². The van der Waals surface area contributed by atoms with Gasteiger partial charge in [-0.25, -0.2) is 4.79 Å². The Bertz CT molecular complexity index is 444. The third-order valence-electron chi connectivity index (χ3n) is 3.06. The van der Waals surface area contributed by atoms with Gasteiger partial charge in [0.2, 0.25) is 0 Å². The lowest BCUT2D eigenvalue weighted by atomic mass is 9.84. The van der Waals surface area contributed by atoms with Gasteiger partial charge >= 0.3 is 6.03 Å². The third kappa shape index (κ3) is 3.77. The summed E-state index contributed by atoms with van der Waals surface area (Å²) >= 11 is 0. The first-order valence-electron chi connectivity index (χ1n) is 6.12. The molecular weight excluding hydrogens is 244 g/mol. The number of ether oxygens (including phenoxy) is 2. The molecule has 1 aromatic rings. The SMILES string of the molecule is CNC(=O)NCC(C)(C)c1ccc(OC)cc1OC. The van der Waals surface area contributed by atoms with Crippen LogP contribution in [0.3, 0.4) is 0 Å². The maximum atomic E-state index is 11.3. The molecule has 0 aromatic heterocycles. The molecule has 0 spiro atoms. The summed E-state index contributed by atoms with van der Waals surface area (Å²) in [7, 11) is 4.84. The highest BCUT2D eigenvalue weighted by Crippen LogP contribution is 2.33. The summed E-state index contributed by atoms with van der Waals surface area (Å²) in [6.45, 7) is 4.61. The third-order valence-corrected chi connectivity index (χ3v) is 3.06. The van der Waals surface area contributed by atoms with Crippen molar-refractivity contribution in [1.82, 2.24) is 10.6 Å². The molecule has 0 bridgehead atoms. The number of methoxy groups -OCH3 is 2. The van der Waals surface area contributed by atoms with E-state index in [-0.39, 0.29) is 11.4 Å². The lowest BCUT2D eigenvalue weighted by Crippen LogP contribution is -2.41. The minimum absolute atomic E-state index is 0.194. The van der Waals surface area contributed by atoms with E-state index in [9.17, 15) is 4.79 Å². The summed E-state index contributed by atoms with van der Waals surface area (Å²) in [4.78, 5) is 11.3. The molecule has 0 saturated carbocycles. The number of benzene rings is 1. The maximum Gasteiger partial charge on any atom is 0.314 e. The number of urea groups is 1.